The second-order valence-electron chi connectivity index (χ2n) is 8.35. The third-order valence-corrected chi connectivity index (χ3v) is 6.31. The molecule has 1 atom stereocenters. The molecule has 0 saturated carbocycles. The molecule has 0 radical (unpaired) electrons. The maximum atomic E-state index is 13.3. The minimum absolute atomic E-state index is 0.0451. The zero-order valence-corrected chi connectivity index (χ0v) is 18.8. The predicted molar refractivity (Wildman–Crippen MR) is 116 cm³/mol. The summed E-state index contributed by atoms with van der Waals surface area (Å²) in [6.45, 7) is 4.09. The van der Waals surface area contributed by atoms with Gasteiger partial charge in [0.05, 0.1) is 11.2 Å². The number of benzene rings is 1. The van der Waals surface area contributed by atoms with Crippen molar-refractivity contribution in [1.82, 2.24) is 15.3 Å². The monoisotopic (exact) mass is 470 g/mol. The maximum absolute atomic E-state index is 13.3. The van der Waals surface area contributed by atoms with E-state index in [9.17, 15) is 18.3 Å². The van der Waals surface area contributed by atoms with E-state index in [-0.39, 0.29) is 28.7 Å². The lowest BCUT2D eigenvalue weighted by molar-refractivity contribution is -0.274. The maximum Gasteiger partial charge on any atom is 0.573 e. The number of fused-ring (bicyclic) bond motifs is 1. The Morgan fingerprint density at radius 1 is 1.31 bits per heavy atom. The van der Waals surface area contributed by atoms with Crippen molar-refractivity contribution < 1.29 is 27.4 Å². The van der Waals surface area contributed by atoms with E-state index in [1.54, 1.807) is 11.6 Å². The van der Waals surface area contributed by atoms with Gasteiger partial charge in [0.25, 0.3) is 6.01 Å². The van der Waals surface area contributed by atoms with Crippen LogP contribution < -0.4 is 15.0 Å². The molecule has 0 bridgehead atoms. The van der Waals surface area contributed by atoms with Crippen molar-refractivity contribution in [2.24, 2.45) is 0 Å². The summed E-state index contributed by atoms with van der Waals surface area (Å²) >= 11 is 1.31. The number of nitrogens with one attached hydrogen (secondary N) is 1. The molecule has 32 heavy (non-hydrogen) atoms. The lowest BCUT2D eigenvalue weighted by Gasteiger charge is -2.23. The largest absolute Gasteiger partial charge is 0.573 e. The number of hydrogen-bond donors (Lipinski definition) is 2. The normalized spacial score (nSPS) is 18.2. The van der Waals surface area contributed by atoms with Gasteiger partial charge >= 0.3 is 6.36 Å². The molecule has 3 heterocycles. The first kappa shape index (κ1) is 22.8. The molecule has 2 aromatic heterocycles. The standard InChI is InChI=1S/C21H25F3N4O3S/c1-20(2,29)14-10-13(18-26-7-9-32-18)16-15(17(14)31-21(22,23)24)27-19(30-16)28-8-5-4-6-12(11-28)25-3/h7,9-10,12,25,29H,4-6,8,11H2,1-3H3. The number of aliphatic hydroxyl groups is 1. The molecule has 4 rings (SSSR count). The van der Waals surface area contributed by atoms with Crippen molar-refractivity contribution in [1.29, 1.82) is 0 Å². The minimum Gasteiger partial charge on any atom is -0.422 e. The Balaban J connectivity index is 1.95. The van der Waals surface area contributed by atoms with Gasteiger partial charge in [-0.25, -0.2) is 4.98 Å². The number of thiazole rings is 1. The fourth-order valence-corrected chi connectivity index (χ4v) is 4.57. The van der Waals surface area contributed by atoms with E-state index in [4.69, 9.17) is 4.42 Å². The summed E-state index contributed by atoms with van der Waals surface area (Å²) in [7, 11) is 1.88. The number of nitrogens with zero attached hydrogens (tertiary/aromatic N) is 3. The van der Waals surface area contributed by atoms with Crippen LogP contribution >= 0.6 is 11.3 Å². The summed E-state index contributed by atoms with van der Waals surface area (Å²) in [6.07, 6.45) is -0.439. The van der Waals surface area contributed by atoms with Gasteiger partial charge in [-0.1, -0.05) is 6.42 Å². The summed E-state index contributed by atoms with van der Waals surface area (Å²) < 4.78 is 50.4. The molecule has 1 aromatic carbocycles. The topological polar surface area (TPSA) is 83.7 Å². The average molecular weight is 471 g/mol. The Bertz CT molecular complexity index is 1080. The minimum atomic E-state index is -4.96. The first-order chi connectivity index (χ1) is 15.1. The molecule has 0 amide bonds. The highest BCUT2D eigenvalue weighted by Crippen LogP contribution is 2.45. The van der Waals surface area contributed by atoms with Crippen LogP contribution in [-0.2, 0) is 5.60 Å². The zero-order chi connectivity index (χ0) is 23.1. The number of rotatable bonds is 5. The molecule has 1 aliphatic heterocycles. The Hall–Kier alpha value is -2.37. The van der Waals surface area contributed by atoms with Crippen molar-refractivity contribution in [3.8, 4) is 16.3 Å². The van der Waals surface area contributed by atoms with Crippen LogP contribution in [0.25, 0.3) is 21.7 Å². The van der Waals surface area contributed by atoms with E-state index >= 15 is 0 Å². The van der Waals surface area contributed by atoms with E-state index in [2.05, 4.69) is 20.0 Å². The molecule has 0 spiro atoms. The molecular weight excluding hydrogens is 445 g/mol. The van der Waals surface area contributed by atoms with Crippen LogP contribution in [0, 0.1) is 0 Å². The van der Waals surface area contributed by atoms with Crippen LogP contribution in [0.3, 0.4) is 0 Å². The second kappa shape index (κ2) is 8.53. The van der Waals surface area contributed by atoms with Gasteiger partial charge in [-0.15, -0.1) is 24.5 Å². The highest BCUT2D eigenvalue weighted by molar-refractivity contribution is 7.13. The Labute approximate surface area is 187 Å². The van der Waals surface area contributed by atoms with Crippen LogP contribution in [0.5, 0.6) is 5.75 Å². The van der Waals surface area contributed by atoms with Crippen molar-refractivity contribution in [2.45, 2.75) is 51.1 Å². The number of alkyl halides is 3. The average Bonchev–Trinajstić information content (AvgIpc) is 3.32. The number of anilines is 1. The second-order valence-corrected chi connectivity index (χ2v) is 9.24. The molecular formula is C21H25F3N4O3S. The van der Waals surface area contributed by atoms with Gasteiger partial charge in [0.1, 0.15) is 5.01 Å². The van der Waals surface area contributed by atoms with Crippen molar-refractivity contribution in [3.05, 3.63) is 23.2 Å². The molecule has 1 fully saturated rings. The van der Waals surface area contributed by atoms with Crippen molar-refractivity contribution >= 4 is 28.5 Å². The molecule has 1 saturated heterocycles. The molecule has 1 unspecified atom stereocenters. The molecule has 11 heteroatoms. The summed E-state index contributed by atoms with van der Waals surface area (Å²) in [4.78, 5) is 10.7. The SMILES string of the molecule is CNC1CCCCN(c2nc3c(OC(F)(F)F)c(C(C)(C)O)cc(-c4nccs4)c3o2)C1. The van der Waals surface area contributed by atoms with E-state index in [0.717, 1.165) is 19.3 Å². The van der Waals surface area contributed by atoms with Crippen LogP contribution in [0.2, 0.25) is 0 Å². The fourth-order valence-electron chi connectivity index (χ4n) is 3.92. The number of hydrogen-bond acceptors (Lipinski definition) is 8. The van der Waals surface area contributed by atoms with Crippen molar-refractivity contribution in [2.75, 3.05) is 25.0 Å². The third kappa shape index (κ3) is 4.69. The molecule has 1 aliphatic rings. The quantitative estimate of drug-likeness (QED) is 0.561. The van der Waals surface area contributed by atoms with E-state index in [1.165, 1.54) is 31.3 Å². The number of oxazole rings is 1. The van der Waals surface area contributed by atoms with Gasteiger partial charge in [-0.2, -0.15) is 4.98 Å². The van der Waals surface area contributed by atoms with Gasteiger partial charge in [-0.3, -0.25) is 0 Å². The number of ether oxygens (including phenoxy) is 1. The molecule has 7 nitrogen and oxygen atoms in total. The van der Waals surface area contributed by atoms with E-state index < -0.39 is 17.7 Å². The van der Waals surface area contributed by atoms with E-state index in [0.29, 0.717) is 23.7 Å². The fraction of sp³-hybridized carbons (Fsp3) is 0.524. The van der Waals surface area contributed by atoms with Crippen LogP contribution in [-0.4, -0.2) is 47.6 Å². The molecule has 3 aromatic rings. The van der Waals surface area contributed by atoms with Gasteiger partial charge in [0.2, 0.25) is 0 Å². The molecule has 2 N–H and O–H groups in total. The number of aromatic nitrogens is 2. The summed E-state index contributed by atoms with van der Waals surface area (Å²) in [5.41, 5.74) is -1.16. The van der Waals surface area contributed by atoms with Crippen molar-refractivity contribution in [3.63, 3.8) is 0 Å². The first-order valence-electron chi connectivity index (χ1n) is 10.3. The first-order valence-corrected chi connectivity index (χ1v) is 11.2. The van der Waals surface area contributed by atoms with Crippen LogP contribution in [0.15, 0.2) is 22.1 Å². The Kier molecular flexibility index (Phi) is 6.08. The lowest BCUT2D eigenvalue weighted by Crippen LogP contribution is -2.38. The molecule has 0 aliphatic carbocycles. The van der Waals surface area contributed by atoms with Crippen LogP contribution in [0.4, 0.5) is 19.2 Å². The number of likely N-dealkylation sites (N-methyl/N-ethyl adjacent to an activating group) is 1. The van der Waals surface area contributed by atoms with Gasteiger partial charge in [-0.05, 0) is 39.8 Å². The van der Waals surface area contributed by atoms with Gasteiger partial charge in [0.15, 0.2) is 16.8 Å². The predicted octanol–water partition coefficient (Wildman–Crippen LogP) is 4.66. The molecule has 174 valence electrons. The summed E-state index contributed by atoms with van der Waals surface area (Å²) in [5, 5.41) is 16.2. The zero-order valence-electron chi connectivity index (χ0n) is 18.0. The third-order valence-electron chi connectivity index (χ3n) is 5.50. The Morgan fingerprint density at radius 3 is 2.72 bits per heavy atom. The van der Waals surface area contributed by atoms with Gasteiger partial charge in [0, 0.05) is 36.3 Å². The number of halogens is 3. The summed E-state index contributed by atoms with van der Waals surface area (Å²) in [6, 6.07) is 1.87. The smallest absolute Gasteiger partial charge is 0.422 e. The highest BCUT2D eigenvalue weighted by atomic mass is 32.1. The van der Waals surface area contributed by atoms with Gasteiger partial charge < -0.3 is 24.5 Å². The van der Waals surface area contributed by atoms with Crippen LogP contribution in [0.1, 0.15) is 38.7 Å². The highest BCUT2D eigenvalue weighted by Gasteiger charge is 2.38. The Morgan fingerprint density at radius 2 is 2.09 bits per heavy atom. The van der Waals surface area contributed by atoms with E-state index in [1.807, 2.05) is 11.9 Å². The summed E-state index contributed by atoms with van der Waals surface area (Å²) in [5.74, 6) is -0.560. The lowest BCUT2D eigenvalue weighted by atomic mass is 9.94.